The molecule has 0 aliphatic carbocycles. The third-order valence-corrected chi connectivity index (χ3v) is 6.23. The van der Waals surface area contributed by atoms with Crippen LogP contribution < -0.4 is 15.8 Å². The fraction of sp³-hybridized carbons (Fsp3) is 0.250. The average molecular weight is 458 g/mol. The molecule has 11 heteroatoms. The predicted molar refractivity (Wildman–Crippen MR) is 125 cm³/mol. The first-order valence-electron chi connectivity index (χ1n) is 9.61. The largest absolute Gasteiger partial charge is 0.359 e. The van der Waals surface area contributed by atoms with E-state index in [0.717, 1.165) is 39.0 Å². The van der Waals surface area contributed by atoms with E-state index in [4.69, 9.17) is 5.73 Å². The summed E-state index contributed by atoms with van der Waals surface area (Å²) in [6.45, 7) is 2.50. The van der Waals surface area contributed by atoms with Crippen LogP contribution in [0.15, 0.2) is 42.5 Å². The van der Waals surface area contributed by atoms with E-state index in [2.05, 4.69) is 36.5 Å². The molecule has 2 aromatic heterocycles. The van der Waals surface area contributed by atoms with Gasteiger partial charge in [0.1, 0.15) is 5.01 Å². The van der Waals surface area contributed by atoms with Crippen LogP contribution in [0.1, 0.15) is 11.3 Å². The lowest BCUT2D eigenvalue weighted by Gasteiger charge is -2.12. The summed E-state index contributed by atoms with van der Waals surface area (Å²) in [5, 5.41) is 21.6. The van der Waals surface area contributed by atoms with Gasteiger partial charge in [0, 0.05) is 29.2 Å². The molecule has 0 bridgehead atoms. The van der Waals surface area contributed by atoms with Crippen LogP contribution in [0.3, 0.4) is 0 Å². The molecule has 0 radical (unpaired) electrons. The zero-order chi connectivity index (χ0) is 22.0. The van der Waals surface area contributed by atoms with Crippen LogP contribution in [0.5, 0.6) is 0 Å². The number of anilines is 2. The number of hydrogen-bond acceptors (Lipinski definition) is 8. The highest BCUT2D eigenvalue weighted by atomic mass is 32.2. The van der Waals surface area contributed by atoms with E-state index in [1.165, 1.54) is 11.3 Å². The minimum absolute atomic E-state index is 0.133. The van der Waals surface area contributed by atoms with Gasteiger partial charge in [0.25, 0.3) is 0 Å². The second-order valence-electron chi connectivity index (χ2n) is 7.40. The first kappa shape index (κ1) is 21.2. The normalized spacial score (nSPS) is 12.7. The second-order valence-corrected chi connectivity index (χ2v) is 10.1. The number of aryl methyl sites for hydroxylation is 1. The van der Waals surface area contributed by atoms with Crippen molar-refractivity contribution in [3.63, 3.8) is 0 Å². The first-order valence-corrected chi connectivity index (χ1v) is 12.3. The SMILES string of the molecule is Cc1n[nH]c2ccc(-c3nnc(NC[C@@H](N)Cc4ccc(NS(C)(=O)=O)cc4)s3)cc12. The van der Waals surface area contributed by atoms with Gasteiger partial charge in [0.15, 0.2) is 0 Å². The number of aromatic amines is 1. The Balaban J connectivity index is 1.34. The van der Waals surface area contributed by atoms with E-state index in [9.17, 15) is 8.42 Å². The van der Waals surface area contributed by atoms with E-state index >= 15 is 0 Å². The van der Waals surface area contributed by atoms with E-state index in [-0.39, 0.29) is 6.04 Å². The molecular formula is C20H23N7O2S2. The number of fused-ring (bicyclic) bond motifs is 1. The molecule has 9 nitrogen and oxygen atoms in total. The smallest absolute Gasteiger partial charge is 0.229 e. The number of aromatic nitrogens is 4. The Morgan fingerprint density at radius 1 is 1.16 bits per heavy atom. The number of sulfonamides is 1. The second kappa shape index (κ2) is 8.61. The van der Waals surface area contributed by atoms with Crippen molar-refractivity contribution in [1.29, 1.82) is 0 Å². The molecule has 0 unspecified atom stereocenters. The molecule has 0 saturated carbocycles. The molecule has 5 N–H and O–H groups in total. The molecule has 2 aromatic carbocycles. The summed E-state index contributed by atoms with van der Waals surface area (Å²) >= 11 is 1.47. The lowest BCUT2D eigenvalue weighted by atomic mass is 10.1. The summed E-state index contributed by atoms with van der Waals surface area (Å²) in [6, 6.07) is 13.1. The third kappa shape index (κ3) is 5.37. The van der Waals surface area contributed by atoms with Crippen molar-refractivity contribution in [2.24, 2.45) is 5.73 Å². The van der Waals surface area contributed by atoms with Crippen LogP contribution in [-0.2, 0) is 16.4 Å². The van der Waals surface area contributed by atoms with Crippen molar-refractivity contribution in [3.05, 3.63) is 53.7 Å². The Labute approximate surface area is 184 Å². The molecule has 0 aliphatic rings. The Bertz CT molecular complexity index is 1300. The molecule has 162 valence electrons. The number of hydrogen-bond donors (Lipinski definition) is 4. The predicted octanol–water partition coefficient (Wildman–Crippen LogP) is 2.74. The molecule has 0 fully saturated rings. The zero-order valence-corrected chi connectivity index (χ0v) is 18.7. The van der Waals surface area contributed by atoms with Gasteiger partial charge >= 0.3 is 0 Å². The summed E-state index contributed by atoms with van der Waals surface area (Å²) in [6.07, 6.45) is 1.77. The molecule has 31 heavy (non-hydrogen) atoms. The number of nitrogens with two attached hydrogens (primary N) is 1. The average Bonchev–Trinajstić information content (AvgIpc) is 3.34. The summed E-state index contributed by atoms with van der Waals surface area (Å²) < 4.78 is 25.0. The molecule has 0 amide bonds. The Morgan fingerprint density at radius 3 is 2.68 bits per heavy atom. The maximum atomic E-state index is 11.3. The maximum Gasteiger partial charge on any atom is 0.229 e. The highest BCUT2D eigenvalue weighted by molar-refractivity contribution is 7.92. The molecule has 2 heterocycles. The Hall–Kier alpha value is -3.02. The fourth-order valence-corrected chi connectivity index (χ4v) is 4.52. The van der Waals surface area contributed by atoms with Crippen LogP contribution in [-0.4, -0.2) is 47.7 Å². The lowest BCUT2D eigenvalue weighted by molar-refractivity contribution is 0.607. The van der Waals surface area contributed by atoms with Crippen molar-refractivity contribution in [3.8, 4) is 10.6 Å². The zero-order valence-electron chi connectivity index (χ0n) is 17.1. The van der Waals surface area contributed by atoms with Gasteiger partial charge in [-0.25, -0.2) is 8.42 Å². The number of benzene rings is 2. The van der Waals surface area contributed by atoms with Gasteiger partial charge in [-0.3, -0.25) is 9.82 Å². The third-order valence-electron chi connectivity index (χ3n) is 4.70. The van der Waals surface area contributed by atoms with Gasteiger partial charge in [-0.05, 0) is 49.2 Å². The number of rotatable bonds is 8. The summed E-state index contributed by atoms with van der Waals surface area (Å²) in [7, 11) is -3.28. The Morgan fingerprint density at radius 2 is 1.94 bits per heavy atom. The van der Waals surface area contributed by atoms with E-state index in [1.54, 1.807) is 12.1 Å². The van der Waals surface area contributed by atoms with Crippen molar-refractivity contribution in [2.75, 3.05) is 22.8 Å². The highest BCUT2D eigenvalue weighted by Crippen LogP contribution is 2.29. The van der Waals surface area contributed by atoms with Gasteiger partial charge in [0.05, 0.1) is 17.5 Å². The van der Waals surface area contributed by atoms with Crippen molar-refractivity contribution >= 4 is 43.1 Å². The van der Waals surface area contributed by atoms with E-state index in [0.29, 0.717) is 23.8 Å². The molecule has 0 aliphatic heterocycles. The standard InChI is InChI=1S/C20H23N7O2S2/c1-12-17-10-14(5-8-18(17)24-23-12)19-25-26-20(30-19)22-11-15(21)9-13-3-6-16(7-4-13)27-31(2,28)29/h3-8,10,15,27H,9,11,21H2,1-2H3,(H,22,26)(H,23,24)/t15-/m0/s1. The number of nitrogens with one attached hydrogen (secondary N) is 3. The molecule has 4 aromatic rings. The summed E-state index contributed by atoms with van der Waals surface area (Å²) in [5.41, 5.74) is 10.7. The van der Waals surface area contributed by atoms with Crippen LogP contribution in [0.4, 0.5) is 10.8 Å². The fourth-order valence-electron chi connectivity index (χ4n) is 3.21. The van der Waals surface area contributed by atoms with Gasteiger partial charge in [-0.2, -0.15) is 5.10 Å². The molecule has 0 spiro atoms. The van der Waals surface area contributed by atoms with Crippen LogP contribution in [0, 0.1) is 6.92 Å². The highest BCUT2D eigenvalue weighted by Gasteiger charge is 2.11. The molecule has 0 saturated heterocycles. The summed E-state index contributed by atoms with van der Waals surface area (Å²) in [5.74, 6) is 0. The van der Waals surface area contributed by atoms with E-state index in [1.807, 2.05) is 31.2 Å². The van der Waals surface area contributed by atoms with Crippen molar-refractivity contribution < 1.29 is 8.42 Å². The number of nitrogens with zero attached hydrogens (tertiary/aromatic N) is 3. The van der Waals surface area contributed by atoms with Gasteiger partial charge in [0.2, 0.25) is 15.2 Å². The minimum Gasteiger partial charge on any atom is -0.359 e. The molecule has 4 rings (SSSR count). The van der Waals surface area contributed by atoms with Gasteiger partial charge < -0.3 is 11.1 Å². The van der Waals surface area contributed by atoms with Crippen molar-refractivity contribution in [1.82, 2.24) is 20.4 Å². The van der Waals surface area contributed by atoms with Crippen LogP contribution in [0.25, 0.3) is 21.5 Å². The minimum atomic E-state index is -3.28. The monoisotopic (exact) mass is 457 g/mol. The number of H-pyrrole nitrogens is 1. The first-order chi connectivity index (χ1) is 14.8. The topological polar surface area (TPSA) is 139 Å². The van der Waals surface area contributed by atoms with Gasteiger partial charge in [-0.15, -0.1) is 10.2 Å². The quantitative estimate of drug-likeness (QED) is 0.319. The van der Waals surface area contributed by atoms with Crippen LogP contribution in [0.2, 0.25) is 0 Å². The van der Waals surface area contributed by atoms with Crippen molar-refractivity contribution in [2.45, 2.75) is 19.4 Å². The molecule has 1 atom stereocenters. The van der Waals surface area contributed by atoms with Gasteiger partial charge in [-0.1, -0.05) is 23.5 Å². The Kier molecular flexibility index (Phi) is 5.90. The molecular weight excluding hydrogens is 434 g/mol. The van der Waals surface area contributed by atoms with E-state index < -0.39 is 10.0 Å². The lowest BCUT2D eigenvalue weighted by Crippen LogP contribution is -2.31. The summed E-state index contributed by atoms with van der Waals surface area (Å²) in [4.78, 5) is 0. The maximum absolute atomic E-state index is 11.3. The van der Waals surface area contributed by atoms with Crippen LogP contribution >= 0.6 is 11.3 Å².